The summed E-state index contributed by atoms with van der Waals surface area (Å²) in [6.07, 6.45) is 3.00. The number of nitrogen functional groups attached to an aromatic ring is 1. The average Bonchev–Trinajstić information content (AvgIpc) is 3.25. The van der Waals surface area contributed by atoms with Crippen molar-refractivity contribution >= 4 is 23.1 Å². The molecular formula is C26H23N7O4. The van der Waals surface area contributed by atoms with Crippen molar-refractivity contribution in [2.45, 2.75) is 19.9 Å². The highest BCUT2D eigenvalue weighted by Crippen LogP contribution is 2.35. The Hall–Kier alpha value is -5.19. The van der Waals surface area contributed by atoms with Crippen LogP contribution in [0.4, 0.5) is 11.6 Å². The maximum atomic E-state index is 13.6. The minimum Gasteiger partial charge on any atom is -0.508 e. The van der Waals surface area contributed by atoms with Crippen LogP contribution in [0.15, 0.2) is 71.9 Å². The number of nitrogens with one attached hydrogen (secondary N) is 1. The summed E-state index contributed by atoms with van der Waals surface area (Å²) in [5.41, 5.74) is 8.36. The monoisotopic (exact) mass is 497 g/mol. The summed E-state index contributed by atoms with van der Waals surface area (Å²) in [7, 11) is 0. The summed E-state index contributed by atoms with van der Waals surface area (Å²) in [5, 5.41) is 27.5. The van der Waals surface area contributed by atoms with Gasteiger partial charge in [0.1, 0.15) is 29.2 Å². The number of aromatic nitrogens is 5. The first kappa shape index (κ1) is 23.5. The molecule has 0 bridgehead atoms. The zero-order chi connectivity index (χ0) is 26.3. The quantitative estimate of drug-likeness (QED) is 0.275. The van der Waals surface area contributed by atoms with E-state index in [2.05, 4.69) is 15.3 Å². The first-order valence-electron chi connectivity index (χ1n) is 11.4. The molecule has 2 aromatic carbocycles. The van der Waals surface area contributed by atoms with Crippen LogP contribution < -0.4 is 16.6 Å². The lowest BCUT2D eigenvalue weighted by molar-refractivity contribution is 0.0696. The Morgan fingerprint density at radius 1 is 1.11 bits per heavy atom. The minimum absolute atomic E-state index is 0.0801. The smallest absolute Gasteiger partial charge is 0.335 e. The normalized spacial score (nSPS) is 11.9. The number of aromatic hydroxyl groups is 1. The van der Waals surface area contributed by atoms with E-state index in [4.69, 9.17) is 10.8 Å². The van der Waals surface area contributed by atoms with Gasteiger partial charge >= 0.3 is 5.97 Å². The van der Waals surface area contributed by atoms with Gasteiger partial charge in [-0.15, -0.1) is 0 Å². The number of para-hydroxylation sites is 1. The van der Waals surface area contributed by atoms with Gasteiger partial charge in [-0.2, -0.15) is 5.10 Å². The van der Waals surface area contributed by atoms with Crippen molar-refractivity contribution in [3.8, 4) is 22.6 Å². The average molecular weight is 498 g/mol. The van der Waals surface area contributed by atoms with Crippen molar-refractivity contribution in [2.24, 2.45) is 0 Å². The van der Waals surface area contributed by atoms with Gasteiger partial charge < -0.3 is 21.3 Å². The third-order valence-electron chi connectivity index (χ3n) is 6.00. The van der Waals surface area contributed by atoms with E-state index in [1.54, 1.807) is 15.3 Å². The van der Waals surface area contributed by atoms with Crippen molar-refractivity contribution in [1.82, 2.24) is 24.1 Å². The molecule has 5 aromatic rings. The van der Waals surface area contributed by atoms with Crippen LogP contribution in [-0.2, 0) is 0 Å². The van der Waals surface area contributed by atoms with Crippen LogP contribution in [0.1, 0.15) is 34.7 Å². The number of aryl methyl sites for hydroxylation is 1. The topological polar surface area (TPSA) is 161 Å². The van der Waals surface area contributed by atoms with Gasteiger partial charge in [0.15, 0.2) is 5.82 Å². The SMILES string of the molecule is Cc1ccn2nc(C(C)Nc3ncnc(N)c3-c3cc(O)cc(C(=O)O)c3)n(-c3ccccc3)c(=O)c12. The molecule has 1 unspecified atom stereocenters. The first-order valence-corrected chi connectivity index (χ1v) is 11.4. The predicted octanol–water partition coefficient (Wildman–Crippen LogP) is 3.41. The number of carbonyl (C=O) groups is 1. The van der Waals surface area contributed by atoms with Crippen LogP contribution in [-0.4, -0.2) is 40.3 Å². The van der Waals surface area contributed by atoms with Gasteiger partial charge in [-0.05, 0) is 61.4 Å². The molecule has 3 aromatic heterocycles. The summed E-state index contributed by atoms with van der Waals surface area (Å²) in [6.45, 7) is 3.67. The molecule has 0 saturated heterocycles. The Morgan fingerprint density at radius 3 is 2.59 bits per heavy atom. The van der Waals surface area contributed by atoms with E-state index in [0.717, 1.165) is 11.6 Å². The van der Waals surface area contributed by atoms with E-state index in [1.165, 1.54) is 18.5 Å². The number of anilines is 2. The molecular weight excluding hydrogens is 474 g/mol. The molecule has 186 valence electrons. The zero-order valence-corrected chi connectivity index (χ0v) is 20.0. The summed E-state index contributed by atoms with van der Waals surface area (Å²) >= 11 is 0. The number of phenols is 1. The number of fused-ring (bicyclic) bond motifs is 1. The second-order valence-electron chi connectivity index (χ2n) is 8.55. The number of rotatable bonds is 6. The molecule has 11 nitrogen and oxygen atoms in total. The number of aromatic carboxylic acids is 1. The molecule has 0 saturated carbocycles. The molecule has 3 heterocycles. The van der Waals surface area contributed by atoms with Crippen LogP contribution in [0.25, 0.3) is 22.3 Å². The molecule has 0 aliphatic carbocycles. The van der Waals surface area contributed by atoms with Crippen LogP contribution in [0.3, 0.4) is 0 Å². The highest BCUT2D eigenvalue weighted by molar-refractivity contribution is 5.92. The molecule has 5 N–H and O–H groups in total. The lowest BCUT2D eigenvalue weighted by atomic mass is 10.0. The van der Waals surface area contributed by atoms with Gasteiger partial charge in [0.25, 0.3) is 5.56 Å². The predicted molar refractivity (Wildman–Crippen MR) is 138 cm³/mol. The van der Waals surface area contributed by atoms with E-state index >= 15 is 0 Å². The molecule has 0 aliphatic heterocycles. The molecule has 0 radical (unpaired) electrons. The van der Waals surface area contributed by atoms with Crippen molar-refractivity contribution in [3.63, 3.8) is 0 Å². The van der Waals surface area contributed by atoms with Crippen molar-refractivity contribution in [2.75, 3.05) is 11.1 Å². The van der Waals surface area contributed by atoms with E-state index in [-0.39, 0.29) is 28.5 Å². The Balaban J connectivity index is 1.66. The van der Waals surface area contributed by atoms with Crippen LogP contribution in [0.5, 0.6) is 5.75 Å². The van der Waals surface area contributed by atoms with Gasteiger partial charge in [-0.25, -0.2) is 19.3 Å². The van der Waals surface area contributed by atoms with Crippen LogP contribution >= 0.6 is 0 Å². The third kappa shape index (κ3) is 4.22. The third-order valence-corrected chi connectivity index (χ3v) is 6.00. The number of nitrogens with zero attached hydrogens (tertiary/aromatic N) is 5. The van der Waals surface area contributed by atoms with Crippen molar-refractivity contribution in [1.29, 1.82) is 0 Å². The Morgan fingerprint density at radius 2 is 1.86 bits per heavy atom. The second kappa shape index (κ2) is 9.11. The fraction of sp³-hybridized carbons (Fsp3) is 0.115. The molecule has 11 heteroatoms. The van der Waals surface area contributed by atoms with Crippen LogP contribution in [0.2, 0.25) is 0 Å². The lowest BCUT2D eigenvalue weighted by Gasteiger charge is -2.21. The minimum atomic E-state index is -1.21. The number of nitrogens with two attached hydrogens (primary N) is 1. The van der Waals surface area contributed by atoms with Gasteiger partial charge in [0, 0.05) is 6.20 Å². The number of benzene rings is 2. The van der Waals surface area contributed by atoms with Gasteiger partial charge in [0.05, 0.1) is 22.9 Å². The Kier molecular flexibility index (Phi) is 5.80. The number of carboxylic acid groups (broad SMARTS) is 1. The van der Waals surface area contributed by atoms with E-state index in [9.17, 15) is 19.8 Å². The summed E-state index contributed by atoms with van der Waals surface area (Å²) in [6, 6.07) is 14.3. The van der Waals surface area contributed by atoms with E-state index in [1.807, 2.05) is 50.2 Å². The van der Waals surface area contributed by atoms with Gasteiger partial charge in [-0.3, -0.25) is 9.36 Å². The Bertz CT molecular complexity index is 1710. The fourth-order valence-corrected chi connectivity index (χ4v) is 4.28. The summed E-state index contributed by atoms with van der Waals surface area (Å²) < 4.78 is 3.09. The van der Waals surface area contributed by atoms with Gasteiger partial charge in [0.2, 0.25) is 0 Å². The first-order chi connectivity index (χ1) is 17.7. The van der Waals surface area contributed by atoms with E-state index in [0.29, 0.717) is 28.2 Å². The zero-order valence-electron chi connectivity index (χ0n) is 20.0. The molecule has 0 fully saturated rings. The molecule has 0 amide bonds. The van der Waals surface area contributed by atoms with Crippen LogP contribution in [0, 0.1) is 6.92 Å². The van der Waals surface area contributed by atoms with Gasteiger partial charge in [-0.1, -0.05) is 18.2 Å². The highest BCUT2D eigenvalue weighted by atomic mass is 16.4. The molecule has 5 rings (SSSR count). The molecule has 1 atom stereocenters. The van der Waals surface area contributed by atoms with E-state index < -0.39 is 12.0 Å². The number of phenolic OH excluding ortho intramolecular Hbond substituents is 1. The molecule has 37 heavy (non-hydrogen) atoms. The standard InChI is InChI=1S/C26H23N7O4/c1-14-8-9-32-21(14)25(35)33(18-6-4-3-5-7-18)24(31-32)15(2)30-23-20(22(27)28-13-29-23)16-10-17(26(36)37)12-19(34)11-16/h3-13,15,34H,1-2H3,(H,36,37)(H3,27,28,29,30). The highest BCUT2D eigenvalue weighted by Gasteiger charge is 2.22. The summed E-state index contributed by atoms with van der Waals surface area (Å²) in [5.74, 6) is -0.687. The number of hydrogen-bond donors (Lipinski definition) is 4. The molecule has 0 spiro atoms. The Labute approximate surface area is 210 Å². The largest absolute Gasteiger partial charge is 0.508 e. The van der Waals surface area contributed by atoms with Crippen molar-refractivity contribution in [3.05, 3.63) is 94.4 Å². The fourth-order valence-electron chi connectivity index (χ4n) is 4.28. The second-order valence-corrected chi connectivity index (χ2v) is 8.55. The molecule has 0 aliphatic rings. The number of hydrogen-bond acceptors (Lipinski definition) is 8. The maximum Gasteiger partial charge on any atom is 0.335 e. The lowest BCUT2D eigenvalue weighted by Crippen LogP contribution is -2.29. The maximum absolute atomic E-state index is 13.6. The van der Waals surface area contributed by atoms with Crippen molar-refractivity contribution < 1.29 is 15.0 Å². The summed E-state index contributed by atoms with van der Waals surface area (Å²) in [4.78, 5) is 33.5. The number of carboxylic acids is 1.